The Labute approximate surface area is 108 Å². The van der Waals surface area contributed by atoms with Crippen molar-refractivity contribution in [2.45, 2.75) is 38.9 Å². The monoisotopic (exact) mass is 250 g/mol. The van der Waals surface area contributed by atoms with Crippen LogP contribution in [0.2, 0.25) is 0 Å². The van der Waals surface area contributed by atoms with Crippen molar-refractivity contribution in [2.75, 3.05) is 23.7 Å². The van der Waals surface area contributed by atoms with Gasteiger partial charge in [-0.2, -0.15) is 0 Å². The molecule has 4 heteroatoms. The van der Waals surface area contributed by atoms with Crippen molar-refractivity contribution in [3.05, 3.63) is 18.2 Å². The second kappa shape index (κ2) is 4.69. The number of β-amino-alcohol motifs (C(OH)–C–C–N with tert-alkyl or cyclic N) is 1. The van der Waals surface area contributed by atoms with Gasteiger partial charge in [0.1, 0.15) is 5.75 Å². The lowest BCUT2D eigenvalue weighted by Crippen LogP contribution is -2.30. The average molecular weight is 250 g/mol. The Morgan fingerprint density at radius 2 is 2.17 bits per heavy atom. The van der Waals surface area contributed by atoms with Gasteiger partial charge in [0.15, 0.2) is 0 Å². The number of hydrogen-bond acceptors (Lipinski definition) is 4. The highest BCUT2D eigenvalue weighted by Gasteiger charge is 2.32. The molecule has 4 nitrogen and oxygen atoms in total. The van der Waals surface area contributed by atoms with E-state index < -0.39 is 5.60 Å². The van der Waals surface area contributed by atoms with E-state index in [1.165, 1.54) is 0 Å². The van der Waals surface area contributed by atoms with E-state index in [1.807, 2.05) is 39.0 Å². The molecule has 0 amide bonds. The minimum absolute atomic E-state index is 0.101. The van der Waals surface area contributed by atoms with Crippen molar-refractivity contribution >= 4 is 11.4 Å². The normalized spacial score (nSPS) is 23.7. The van der Waals surface area contributed by atoms with E-state index in [-0.39, 0.29) is 6.10 Å². The Morgan fingerprint density at radius 3 is 2.72 bits per heavy atom. The first kappa shape index (κ1) is 13.0. The van der Waals surface area contributed by atoms with Crippen LogP contribution in [0.25, 0.3) is 0 Å². The predicted octanol–water partition coefficient (Wildman–Crippen LogP) is 2.02. The van der Waals surface area contributed by atoms with Gasteiger partial charge in [0.05, 0.1) is 23.1 Å². The van der Waals surface area contributed by atoms with E-state index in [9.17, 15) is 5.11 Å². The maximum atomic E-state index is 10.0. The van der Waals surface area contributed by atoms with Crippen molar-refractivity contribution in [1.82, 2.24) is 0 Å². The summed E-state index contributed by atoms with van der Waals surface area (Å²) in [6, 6.07) is 5.80. The summed E-state index contributed by atoms with van der Waals surface area (Å²) < 4.78 is 5.68. The van der Waals surface area contributed by atoms with Crippen LogP contribution in [0.3, 0.4) is 0 Å². The number of hydrogen-bond donors (Lipinski definition) is 2. The molecule has 1 aromatic rings. The molecule has 100 valence electrons. The van der Waals surface area contributed by atoms with Crippen molar-refractivity contribution in [2.24, 2.45) is 0 Å². The maximum Gasteiger partial charge on any atom is 0.144 e. The molecule has 1 atom stereocenters. The third kappa shape index (κ3) is 2.70. The summed E-state index contributed by atoms with van der Waals surface area (Å²) in [4.78, 5) is 2.11. The van der Waals surface area contributed by atoms with Crippen LogP contribution in [0.4, 0.5) is 11.4 Å². The molecule has 1 heterocycles. The molecule has 2 rings (SSSR count). The summed E-state index contributed by atoms with van der Waals surface area (Å²) in [7, 11) is 0. The topological polar surface area (TPSA) is 58.7 Å². The molecule has 1 unspecified atom stereocenters. The van der Waals surface area contributed by atoms with Gasteiger partial charge < -0.3 is 20.5 Å². The summed E-state index contributed by atoms with van der Waals surface area (Å²) in [6.45, 7) is 7.25. The van der Waals surface area contributed by atoms with Gasteiger partial charge in [-0.3, -0.25) is 0 Å². The van der Waals surface area contributed by atoms with Crippen molar-refractivity contribution in [3.63, 3.8) is 0 Å². The third-order valence-electron chi connectivity index (χ3n) is 3.20. The Kier molecular flexibility index (Phi) is 3.39. The van der Waals surface area contributed by atoms with Crippen LogP contribution in [0.5, 0.6) is 5.75 Å². The van der Waals surface area contributed by atoms with Crippen LogP contribution >= 0.6 is 0 Å². The third-order valence-corrected chi connectivity index (χ3v) is 3.20. The molecule has 0 aromatic heterocycles. The van der Waals surface area contributed by atoms with Gasteiger partial charge in [0, 0.05) is 13.1 Å². The minimum Gasteiger partial charge on any atom is -0.489 e. The number of aliphatic hydroxyl groups is 1. The van der Waals surface area contributed by atoms with Crippen LogP contribution < -0.4 is 15.4 Å². The van der Waals surface area contributed by atoms with Gasteiger partial charge in [0.25, 0.3) is 0 Å². The molecule has 1 aliphatic heterocycles. The fourth-order valence-electron chi connectivity index (χ4n) is 2.32. The number of para-hydroxylation sites is 1. The van der Waals surface area contributed by atoms with Crippen LogP contribution in [0.15, 0.2) is 18.2 Å². The lowest BCUT2D eigenvalue weighted by atomic mass is 10.1. The molecule has 0 radical (unpaired) electrons. The lowest BCUT2D eigenvalue weighted by molar-refractivity contribution is 0.0839. The molecule has 0 aliphatic carbocycles. The first-order valence-corrected chi connectivity index (χ1v) is 6.41. The van der Waals surface area contributed by atoms with E-state index in [0.717, 1.165) is 18.7 Å². The fraction of sp³-hybridized carbons (Fsp3) is 0.571. The predicted molar refractivity (Wildman–Crippen MR) is 74.1 cm³/mol. The second-order valence-corrected chi connectivity index (χ2v) is 5.52. The Bertz CT molecular complexity index is 430. The standard InChI is InChI=1S/C14H22N2O2/c1-10(2)18-12-6-4-5-11(13(12)15)16-8-7-14(3,17)9-16/h4-6,10,17H,7-9,15H2,1-3H3. The number of rotatable bonds is 3. The number of nitrogen functional groups attached to an aromatic ring is 1. The van der Waals surface area contributed by atoms with Gasteiger partial charge in [-0.15, -0.1) is 0 Å². The first-order valence-electron chi connectivity index (χ1n) is 6.41. The number of nitrogens with zero attached hydrogens (tertiary/aromatic N) is 1. The molecule has 18 heavy (non-hydrogen) atoms. The molecular formula is C14H22N2O2. The van der Waals surface area contributed by atoms with Gasteiger partial charge in [-0.05, 0) is 39.3 Å². The fourth-order valence-corrected chi connectivity index (χ4v) is 2.32. The second-order valence-electron chi connectivity index (χ2n) is 5.52. The molecule has 0 bridgehead atoms. The largest absolute Gasteiger partial charge is 0.489 e. The summed E-state index contributed by atoms with van der Waals surface area (Å²) in [5.74, 6) is 0.717. The van der Waals surface area contributed by atoms with Gasteiger partial charge in [-0.1, -0.05) is 6.07 Å². The van der Waals surface area contributed by atoms with Crippen molar-refractivity contribution in [1.29, 1.82) is 0 Å². The highest BCUT2D eigenvalue weighted by Crippen LogP contribution is 2.36. The number of anilines is 2. The van der Waals surface area contributed by atoms with Crippen LogP contribution in [-0.4, -0.2) is 29.9 Å². The highest BCUT2D eigenvalue weighted by atomic mass is 16.5. The Morgan fingerprint density at radius 1 is 1.44 bits per heavy atom. The zero-order chi connectivity index (χ0) is 13.3. The Balaban J connectivity index is 2.24. The smallest absolute Gasteiger partial charge is 0.144 e. The molecule has 3 N–H and O–H groups in total. The number of nitrogens with two attached hydrogens (primary N) is 1. The van der Waals surface area contributed by atoms with E-state index in [1.54, 1.807) is 0 Å². The Hall–Kier alpha value is -1.42. The van der Waals surface area contributed by atoms with Gasteiger partial charge >= 0.3 is 0 Å². The van der Waals surface area contributed by atoms with E-state index >= 15 is 0 Å². The molecule has 1 aliphatic rings. The van der Waals surface area contributed by atoms with Crippen molar-refractivity contribution < 1.29 is 9.84 Å². The summed E-state index contributed by atoms with van der Waals surface area (Å²) >= 11 is 0. The minimum atomic E-state index is -0.624. The first-order chi connectivity index (χ1) is 8.39. The van der Waals surface area contributed by atoms with E-state index in [4.69, 9.17) is 10.5 Å². The quantitative estimate of drug-likeness (QED) is 0.806. The average Bonchev–Trinajstić information content (AvgIpc) is 2.61. The summed E-state index contributed by atoms with van der Waals surface area (Å²) in [6.07, 6.45) is 0.867. The van der Waals surface area contributed by atoms with Crippen LogP contribution in [0.1, 0.15) is 27.2 Å². The molecule has 1 aromatic carbocycles. The van der Waals surface area contributed by atoms with Gasteiger partial charge in [-0.25, -0.2) is 0 Å². The van der Waals surface area contributed by atoms with E-state index in [0.29, 0.717) is 18.0 Å². The maximum absolute atomic E-state index is 10.0. The molecule has 1 saturated heterocycles. The molecule has 1 fully saturated rings. The highest BCUT2D eigenvalue weighted by molar-refractivity contribution is 5.74. The molecule has 0 saturated carbocycles. The summed E-state index contributed by atoms with van der Waals surface area (Å²) in [5, 5.41) is 10.0. The van der Waals surface area contributed by atoms with Gasteiger partial charge in [0.2, 0.25) is 0 Å². The number of ether oxygens (including phenoxy) is 1. The zero-order valence-electron chi connectivity index (χ0n) is 11.3. The SMILES string of the molecule is CC(C)Oc1cccc(N2CCC(C)(O)C2)c1N. The summed E-state index contributed by atoms with van der Waals surface area (Å²) in [5.41, 5.74) is 7.13. The number of benzene rings is 1. The molecule has 0 spiro atoms. The van der Waals surface area contributed by atoms with Crippen LogP contribution in [-0.2, 0) is 0 Å². The van der Waals surface area contributed by atoms with E-state index in [2.05, 4.69) is 4.90 Å². The van der Waals surface area contributed by atoms with Crippen LogP contribution in [0, 0.1) is 0 Å². The zero-order valence-corrected chi connectivity index (χ0v) is 11.3. The molecular weight excluding hydrogens is 228 g/mol. The van der Waals surface area contributed by atoms with Crippen molar-refractivity contribution in [3.8, 4) is 5.75 Å². The lowest BCUT2D eigenvalue weighted by Gasteiger charge is -2.24.